The molecule has 0 amide bonds. The summed E-state index contributed by atoms with van der Waals surface area (Å²) in [4.78, 5) is 0. The summed E-state index contributed by atoms with van der Waals surface area (Å²) in [5.41, 5.74) is 1.30. The number of hydrogen-bond donors (Lipinski definition) is 3. The van der Waals surface area contributed by atoms with Gasteiger partial charge in [0.05, 0.1) is 19.9 Å². The number of hydrogen-bond acceptors (Lipinski definition) is 7. The molecule has 22 heavy (non-hydrogen) atoms. The van der Waals surface area contributed by atoms with Crippen LogP contribution in [0.25, 0.3) is 11.3 Å². The van der Waals surface area contributed by atoms with Gasteiger partial charge in [-0.25, -0.2) is 4.68 Å². The Morgan fingerprint density at radius 2 is 2.00 bits per heavy atom. The molecule has 0 bridgehead atoms. The first-order valence-electron chi connectivity index (χ1n) is 6.83. The first kappa shape index (κ1) is 14.9. The average molecular weight is 307 g/mol. The molecule has 1 aliphatic rings. The minimum atomic E-state index is -1.30. The number of ether oxygens (including phenoxy) is 2. The normalized spacial score (nSPS) is 28.5. The summed E-state index contributed by atoms with van der Waals surface area (Å²) in [5.74, 6) is 0.648. The van der Waals surface area contributed by atoms with Gasteiger partial charge in [-0.05, 0) is 12.1 Å². The fraction of sp³-hybridized carbons (Fsp3) is 0.429. The Morgan fingerprint density at radius 1 is 1.23 bits per heavy atom. The minimum Gasteiger partial charge on any atom is -0.496 e. The predicted molar refractivity (Wildman–Crippen MR) is 75.0 cm³/mol. The highest BCUT2D eigenvalue weighted by Gasteiger charge is 2.39. The van der Waals surface area contributed by atoms with Crippen molar-refractivity contribution in [2.45, 2.75) is 24.5 Å². The highest BCUT2D eigenvalue weighted by atomic mass is 16.5. The Kier molecular flexibility index (Phi) is 4.08. The zero-order chi connectivity index (χ0) is 15.7. The summed E-state index contributed by atoms with van der Waals surface area (Å²) < 4.78 is 11.9. The van der Waals surface area contributed by atoms with E-state index in [0.29, 0.717) is 11.4 Å². The predicted octanol–water partition coefficient (Wildman–Crippen LogP) is -0.435. The van der Waals surface area contributed by atoms with E-state index in [0.717, 1.165) is 5.56 Å². The van der Waals surface area contributed by atoms with E-state index in [4.69, 9.17) is 9.47 Å². The largest absolute Gasteiger partial charge is 0.496 e. The Labute approximate surface area is 126 Å². The molecule has 118 valence electrons. The Hall–Kier alpha value is -2.00. The molecule has 4 atom stereocenters. The lowest BCUT2D eigenvalue weighted by Gasteiger charge is -2.34. The maximum Gasteiger partial charge on any atom is 0.180 e. The van der Waals surface area contributed by atoms with Crippen LogP contribution in [0.4, 0.5) is 0 Å². The lowest BCUT2D eigenvalue weighted by Crippen LogP contribution is -2.50. The third-order valence-corrected chi connectivity index (χ3v) is 3.63. The van der Waals surface area contributed by atoms with Gasteiger partial charge in [-0.2, -0.15) is 0 Å². The molecule has 1 saturated heterocycles. The van der Waals surface area contributed by atoms with E-state index in [-0.39, 0.29) is 6.61 Å². The van der Waals surface area contributed by atoms with Crippen molar-refractivity contribution in [3.63, 3.8) is 0 Å². The van der Waals surface area contributed by atoms with E-state index in [9.17, 15) is 15.3 Å². The summed E-state index contributed by atoms with van der Waals surface area (Å²) in [6, 6.07) is 7.34. The molecule has 2 aromatic rings. The Bertz CT molecular complexity index is 647. The molecule has 4 unspecified atom stereocenters. The fourth-order valence-electron chi connectivity index (χ4n) is 2.40. The van der Waals surface area contributed by atoms with Crippen LogP contribution in [0.2, 0.25) is 0 Å². The first-order chi connectivity index (χ1) is 10.6. The SMILES string of the molecule is COc1ccccc1-c1cn(C2OCC(O)C(O)C2O)nn1. The quantitative estimate of drug-likeness (QED) is 0.705. The number of aliphatic hydroxyl groups is 3. The van der Waals surface area contributed by atoms with Gasteiger partial charge in [0.25, 0.3) is 0 Å². The van der Waals surface area contributed by atoms with E-state index in [2.05, 4.69) is 10.3 Å². The molecule has 0 radical (unpaired) electrons. The van der Waals surface area contributed by atoms with Gasteiger partial charge in [-0.1, -0.05) is 17.3 Å². The van der Waals surface area contributed by atoms with E-state index >= 15 is 0 Å². The number of methoxy groups -OCH3 is 1. The Balaban J connectivity index is 1.88. The van der Waals surface area contributed by atoms with Crippen LogP contribution in [0.1, 0.15) is 6.23 Å². The van der Waals surface area contributed by atoms with E-state index < -0.39 is 24.5 Å². The van der Waals surface area contributed by atoms with E-state index in [1.165, 1.54) is 4.68 Å². The molecule has 3 N–H and O–H groups in total. The molecule has 8 heteroatoms. The van der Waals surface area contributed by atoms with Crippen LogP contribution in [-0.4, -0.2) is 62.3 Å². The highest BCUT2D eigenvalue weighted by Crippen LogP contribution is 2.29. The Morgan fingerprint density at radius 3 is 2.77 bits per heavy atom. The second-order valence-corrected chi connectivity index (χ2v) is 5.06. The van der Waals surface area contributed by atoms with Crippen LogP contribution in [-0.2, 0) is 4.74 Å². The second-order valence-electron chi connectivity index (χ2n) is 5.06. The van der Waals surface area contributed by atoms with Gasteiger partial charge >= 0.3 is 0 Å². The number of para-hydroxylation sites is 1. The molecule has 3 rings (SSSR count). The zero-order valence-electron chi connectivity index (χ0n) is 11.9. The van der Waals surface area contributed by atoms with Crippen LogP contribution in [0.3, 0.4) is 0 Å². The van der Waals surface area contributed by atoms with Crippen LogP contribution in [0.15, 0.2) is 30.5 Å². The monoisotopic (exact) mass is 307 g/mol. The molecule has 0 aliphatic carbocycles. The third-order valence-electron chi connectivity index (χ3n) is 3.63. The van der Waals surface area contributed by atoms with Crippen LogP contribution in [0.5, 0.6) is 5.75 Å². The molecule has 0 spiro atoms. The first-order valence-corrected chi connectivity index (χ1v) is 6.83. The third kappa shape index (κ3) is 2.57. The standard InChI is InChI=1S/C14H17N3O5/c1-21-11-5-3-2-4-8(11)9-6-17(16-15-9)14-13(20)12(19)10(18)7-22-14/h2-6,10,12-14,18-20H,7H2,1H3. The number of nitrogens with zero attached hydrogens (tertiary/aromatic N) is 3. The van der Waals surface area contributed by atoms with Crippen LogP contribution >= 0.6 is 0 Å². The van der Waals surface area contributed by atoms with Gasteiger partial charge in [0, 0.05) is 5.56 Å². The van der Waals surface area contributed by atoms with Gasteiger partial charge in [0.1, 0.15) is 29.8 Å². The van der Waals surface area contributed by atoms with Crippen molar-refractivity contribution in [2.24, 2.45) is 0 Å². The molecule has 1 aliphatic heterocycles. The van der Waals surface area contributed by atoms with Gasteiger partial charge in [0.2, 0.25) is 0 Å². The molecule has 0 saturated carbocycles. The number of benzene rings is 1. The van der Waals surface area contributed by atoms with Crippen molar-refractivity contribution in [2.75, 3.05) is 13.7 Å². The fourth-order valence-corrected chi connectivity index (χ4v) is 2.40. The van der Waals surface area contributed by atoms with Crippen LogP contribution in [0, 0.1) is 0 Å². The second kappa shape index (κ2) is 6.01. The molecule has 1 aromatic carbocycles. The molecule has 8 nitrogen and oxygen atoms in total. The van der Waals surface area contributed by atoms with Crippen molar-refractivity contribution >= 4 is 0 Å². The van der Waals surface area contributed by atoms with Gasteiger partial charge in [0.15, 0.2) is 6.23 Å². The maximum absolute atomic E-state index is 9.99. The van der Waals surface area contributed by atoms with E-state index in [1.807, 2.05) is 18.2 Å². The van der Waals surface area contributed by atoms with Crippen LogP contribution < -0.4 is 4.74 Å². The summed E-state index contributed by atoms with van der Waals surface area (Å²) in [5, 5.41) is 37.2. The van der Waals surface area contributed by atoms with Gasteiger partial charge in [-0.3, -0.25) is 0 Å². The lowest BCUT2D eigenvalue weighted by atomic mass is 10.0. The van der Waals surface area contributed by atoms with Crippen molar-refractivity contribution in [3.8, 4) is 17.0 Å². The molecule has 1 aromatic heterocycles. The summed E-state index contributed by atoms with van der Waals surface area (Å²) in [7, 11) is 1.56. The van der Waals surface area contributed by atoms with E-state index in [1.54, 1.807) is 19.4 Å². The summed E-state index contributed by atoms with van der Waals surface area (Å²) in [6.45, 7) is -0.0905. The highest BCUT2D eigenvalue weighted by molar-refractivity contribution is 5.65. The smallest absolute Gasteiger partial charge is 0.180 e. The number of aliphatic hydroxyl groups excluding tert-OH is 3. The summed E-state index contributed by atoms with van der Waals surface area (Å²) in [6.07, 6.45) is -3.03. The van der Waals surface area contributed by atoms with Gasteiger partial charge in [-0.15, -0.1) is 5.10 Å². The van der Waals surface area contributed by atoms with Crippen molar-refractivity contribution < 1.29 is 24.8 Å². The zero-order valence-corrected chi connectivity index (χ0v) is 11.9. The maximum atomic E-state index is 9.99. The number of aromatic nitrogens is 3. The minimum absolute atomic E-state index is 0.0905. The van der Waals surface area contributed by atoms with Crippen molar-refractivity contribution in [3.05, 3.63) is 30.5 Å². The van der Waals surface area contributed by atoms with Gasteiger partial charge < -0.3 is 24.8 Å². The van der Waals surface area contributed by atoms with Crippen molar-refractivity contribution in [1.82, 2.24) is 15.0 Å². The molecular formula is C14H17N3O5. The molecule has 1 fully saturated rings. The molecule has 2 heterocycles. The molecular weight excluding hydrogens is 290 g/mol. The number of rotatable bonds is 3. The van der Waals surface area contributed by atoms with Crippen molar-refractivity contribution in [1.29, 1.82) is 0 Å². The topological polar surface area (TPSA) is 110 Å². The lowest BCUT2D eigenvalue weighted by molar-refractivity contribution is -0.214. The average Bonchev–Trinajstić information content (AvgIpc) is 3.02. The summed E-state index contributed by atoms with van der Waals surface area (Å²) >= 11 is 0.